The van der Waals surface area contributed by atoms with Crippen LogP contribution in [0.1, 0.15) is 30.6 Å². The second-order valence-electron chi connectivity index (χ2n) is 5.15. The third kappa shape index (κ3) is 3.57. The lowest BCUT2D eigenvalue weighted by Gasteiger charge is -2.27. The number of carbonyl (C=O) groups is 2. The number of anilines is 1. The fraction of sp³-hybridized carbons (Fsp3) is 0.467. The maximum absolute atomic E-state index is 12.6. The standard InChI is InChI=1S/C15H21N3O2/c1-11-6-7-16-8-9-18(11)15(20)13-4-3-5-14(10-13)17-12(2)19/h3-5,10-11,16H,6-9H2,1-2H3,(H,17,19). The molecule has 1 aliphatic rings. The lowest BCUT2D eigenvalue weighted by Crippen LogP contribution is -2.39. The Balaban J connectivity index is 2.17. The zero-order valence-corrected chi connectivity index (χ0v) is 12.0. The lowest BCUT2D eigenvalue weighted by atomic mass is 10.1. The summed E-state index contributed by atoms with van der Waals surface area (Å²) in [6, 6.07) is 7.32. The van der Waals surface area contributed by atoms with Gasteiger partial charge in [0.1, 0.15) is 0 Å². The summed E-state index contributed by atoms with van der Waals surface area (Å²) in [5, 5.41) is 6.01. The van der Waals surface area contributed by atoms with Gasteiger partial charge in [0.15, 0.2) is 0 Å². The first kappa shape index (κ1) is 14.5. The van der Waals surface area contributed by atoms with Crippen molar-refractivity contribution in [2.24, 2.45) is 0 Å². The van der Waals surface area contributed by atoms with E-state index in [0.717, 1.165) is 19.5 Å². The van der Waals surface area contributed by atoms with Crippen LogP contribution in [0.15, 0.2) is 24.3 Å². The molecule has 0 radical (unpaired) electrons. The van der Waals surface area contributed by atoms with Crippen molar-refractivity contribution in [1.29, 1.82) is 0 Å². The van der Waals surface area contributed by atoms with Crippen LogP contribution < -0.4 is 10.6 Å². The summed E-state index contributed by atoms with van der Waals surface area (Å²) in [6.45, 7) is 6.00. The molecular formula is C15H21N3O2. The molecule has 1 heterocycles. The molecule has 1 unspecified atom stereocenters. The van der Waals surface area contributed by atoms with Crippen LogP contribution in [-0.2, 0) is 4.79 Å². The van der Waals surface area contributed by atoms with Crippen LogP contribution >= 0.6 is 0 Å². The molecule has 2 amide bonds. The Morgan fingerprint density at radius 2 is 2.15 bits per heavy atom. The van der Waals surface area contributed by atoms with Crippen LogP contribution in [-0.4, -0.2) is 42.4 Å². The summed E-state index contributed by atoms with van der Waals surface area (Å²) < 4.78 is 0. The first-order chi connectivity index (χ1) is 9.58. The molecule has 2 rings (SSSR count). The first-order valence-electron chi connectivity index (χ1n) is 6.97. The summed E-state index contributed by atoms with van der Waals surface area (Å²) >= 11 is 0. The van der Waals surface area contributed by atoms with Crippen molar-refractivity contribution in [3.05, 3.63) is 29.8 Å². The fourth-order valence-corrected chi connectivity index (χ4v) is 2.41. The molecule has 1 aromatic carbocycles. The average Bonchev–Trinajstić information content (AvgIpc) is 2.62. The molecule has 0 aliphatic carbocycles. The van der Waals surface area contributed by atoms with E-state index in [1.165, 1.54) is 6.92 Å². The van der Waals surface area contributed by atoms with Crippen molar-refractivity contribution in [3.8, 4) is 0 Å². The van der Waals surface area contributed by atoms with Crippen LogP contribution in [0.2, 0.25) is 0 Å². The van der Waals surface area contributed by atoms with Crippen LogP contribution in [0.3, 0.4) is 0 Å². The van der Waals surface area contributed by atoms with Gasteiger partial charge in [0.05, 0.1) is 0 Å². The van der Waals surface area contributed by atoms with Crippen molar-refractivity contribution < 1.29 is 9.59 Å². The largest absolute Gasteiger partial charge is 0.335 e. The summed E-state index contributed by atoms with van der Waals surface area (Å²) in [6.07, 6.45) is 0.955. The zero-order valence-electron chi connectivity index (χ0n) is 12.0. The van der Waals surface area contributed by atoms with Gasteiger partial charge in [-0.15, -0.1) is 0 Å². The quantitative estimate of drug-likeness (QED) is 0.859. The second-order valence-corrected chi connectivity index (χ2v) is 5.15. The summed E-state index contributed by atoms with van der Waals surface area (Å²) in [5.74, 6) is -0.115. The molecule has 5 nitrogen and oxygen atoms in total. The van der Waals surface area contributed by atoms with Gasteiger partial charge in [0.25, 0.3) is 5.91 Å². The van der Waals surface area contributed by atoms with E-state index in [2.05, 4.69) is 17.6 Å². The fourth-order valence-electron chi connectivity index (χ4n) is 2.41. The third-order valence-corrected chi connectivity index (χ3v) is 3.49. The molecule has 5 heteroatoms. The molecule has 2 N–H and O–H groups in total. The van der Waals surface area contributed by atoms with E-state index in [4.69, 9.17) is 0 Å². The highest BCUT2D eigenvalue weighted by molar-refractivity contribution is 5.97. The van der Waals surface area contributed by atoms with Gasteiger partial charge in [-0.25, -0.2) is 0 Å². The second kappa shape index (κ2) is 6.52. The van der Waals surface area contributed by atoms with Gasteiger partial charge in [0, 0.05) is 37.3 Å². The van der Waals surface area contributed by atoms with E-state index in [1.807, 2.05) is 4.90 Å². The van der Waals surface area contributed by atoms with Crippen LogP contribution in [0.5, 0.6) is 0 Å². The normalized spacial score (nSPS) is 19.3. The molecule has 1 fully saturated rings. The Kier molecular flexibility index (Phi) is 4.74. The molecule has 0 spiro atoms. The predicted octanol–water partition coefficient (Wildman–Crippen LogP) is 1.47. The number of nitrogens with zero attached hydrogens (tertiary/aromatic N) is 1. The zero-order chi connectivity index (χ0) is 14.5. The molecule has 20 heavy (non-hydrogen) atoms. The molecule has 1 saturated heterocycles. The number of carbonyl (C=O) groups excluding carboxylic acids is 2. The summed E-state index contributed by atoms with van der Waals surface area (Å²) in [5.41, 5.74) is 1.27. The van der Waals surface area contributed by atoms with Crippen molar-refractivity contribution in [2.75, 3.05) is 25.0 Å². The van der Waals surface area contributed by atoms with Crippen LogP contribution in [0, 0.1) is 0 Å². The van der Waals surface area contributed by atoms with Crippen molar-refractivity contribution >= 4 is 17.5 Å². The average molecular weight is 275 g/mol. The minimum atomic E-state index is -0.137. The van der Waals surface area contributed by atoms with Gasteiger partial charge >= 0.3 is 0 Å². The Bertz CT molecular complexity index is 502. The molecule has 1 atom stereocenters. The van der Waals surface area contributed by atoms with Crippen molar-refractivity contribution in [1.82, 2.24) is 10.2 Å². The van der Waals surface area contributed by atoms with E-state index in [1.54, 1.807) is 24.3 Å². The van der Waals surface area contributed by atoms with Crippen LogP contribution in [0.4, 0.5) is 5.69 Å². The minimum absolute atomic E-state index is 0.0217. The minimum Gasteiger partial charge on any atom is -0.335 e. The van der Waals surface area contributed by atoms with Crippen molar-refractivity contribution in [2.45, 2.75) is 26.3 Å². The van der Waals surface area contributed by atoms with E-state index in [9.17, 15) is 9.59 Å². The topological polar surface area (TPSA) is 61.4 Å². The predicted molar refractivity (Wildman–Crippen MR) is 78.7 cm³/mol. The molecule has 108 valence electrons. The van der Waals surface area contributed by atoms with Crippen LogP contribution in [0.25, 0.3) is 0 Å². The lowest BCUT2D eigenvalue weighted by molar-refractivity contribution is -0.114. The summed E-state index contributed by atoms with van der Waals surface area (Å²) in [7, 11) is 0. The van der Waals surface area contributed by atoms with E-state index in [0.29, 0.717) is 17.8 Å². The highest BCUT2D eigenvalue weighted by atomic mass is 16.2. The molecular weight excluding hydrogens is 254 g/mol. The van der Waals surface area contributed by atoms with Gasteiger partial charge in [-0.3, -0.25) is 9.59 Å². The maximum Gasteiger partial charge on any atom is 0.254 e. The van der Waals surface area contributed by atoms with Gasteiger partial charge in [0.2, 0.25) is 5.91 Å². The van der Waals surface area contributed by atoms with Gasteiger partial charge in [-0.05, 0) is 38.1 Å². The highest BCUT2D eigenvalue weighted by Crippen LogP contribution is 2.16. The number of hydrogen-bond acceptors (Lipinski definition) is 3. The Hall–Kier alpha value is -1.88. The number of hydrogen-bond donors (Lipinski definition) is 2. The smallest absolute Gasteiger partial charge is 0.254 e. The molecule has 0 saturated carbocycles. The van der Waals surface area contributed by atoms with Gasteiger partial charge in [-0.1, -0.05) is 6.07 Å². The Labute approximate surface area is 119 Å². The summed E-state index contributed by atoms with van der Waals surface area (Å²) in [4.78, 5) is 25.6. The van der Waals surface area contributed by atoms with E-state index >= 15 is 0 Å². The molecule has 1 aromatic rings. The third-order valence-electron chi connectivity index (χ3n) is 3.49. The number of rotatable bonds is 2. The molecule has 1 aliphatic heterocycles. The monoisotopic (exact) mass is 275 g/mol. The molecule has 0 bridgehead atoms. The highest BCUT2D eigenvalue weighted by Gasteiger charge is 2.23. The maximum atomic E-state index is 12.6. The first-order valence-corrected chi connectivity index (χ1v) is 6.97. The Morgan fingerprint density at radius 1 is 1.35 bits per heavy atom. The van der Waals surface area contributed by atoms with Gasteiger partial charge < -0.3 is 15.5 Å². The van der Waals surface area contributed by atoms with E-state index in [-0.39, 0.29) is 17.9 Å². The number of nitrogens with one attached hydrogen (secondary N) is 2. The van der Waals surface area contributed by atoms with E-state index < -0.39 is 0 Å². The number of benzene rings is 1. The van der Waals surface area contributed by atoms with Crippen molar-refractivity contribution in [3.63, 3.8) is 0 Å². The number of amides is 2. The SMILES string of the molecule is CC(=O)Nc1cccc(C(=O)N2CCNCCC2C)c1. The molecule has 0 aromatic heterocycles. The van der Waals surface area contributed by atoms with Gasteiger partial charge in [-0.2, -0.15) is 0 Å². The Morgan fingerprint density at radius 3 is 2.90 bits per heavy atom.